The van der Waals surface area contributed by atoms with Crippen molar-refractivity contribution < 1.29 is 14.4 Å². The Hall–Kier alpha value is -2.54. The number of pyridine rings is 1. The van der Waals surface area contributed by atoms with Gasteiger partial charge in [0.25, 0.3) is 5.03 Å². The molecule has 0 bridgehead atoms. The molecule has 0 aliphatic heterocycles. The molecule has 2 aromatic rings. The van der Waals surface area contributed by atoms with E-state index < -0.39 is 6.09 Å². The van der Waals surface area contributed by atoms with Crippen LogP contribution in [-0.2, 0) is 4.84 Å². The van der Waals surface area contributed by atoms with Crippen molar-refractivity contribution in [3.8, 4) is 0 Å². The van der Waals surface area contributed by atoms with Gasteiger partial charge in [0.1, 0.15) is 0 Å². The first-order valence-electron chi connectivity index (χ1n) is 7.77. The first-order chi connectivity index (χ1) is 11.9. The second kappa shape index (κ2) is 8.53. The summed E-state index contributed by atoms with van der Waals surface area (Å²) in [6.45, 7) is 5.92. The van der Waals surface area contributed by atoms with Gasteiger partial charge in [0.15, 0.2) is 6.20 Å². The number of carbonyl (C=O) groups excluding carboxylic acids is 1. The first-order valence-corrected chi connectivity index (χ1v) is 8.76. The molecule has 0 unspecified atom stereocenters. The van der Waals surface area contributed by atoms with Crippen molar-refractivity contribution in [2.75, 3.05) is 11.1 Å². The van der Waals surface area contributed by atoms with Crippen LogP contribution in [0, 0.1) is 10.6 Å². The van der Waals surface area contributed by atoms with Crippen LogP contribution in [0.1, 0.15) is 20.8 Å². The van der Waals surface area contributed by atoms with Crippen molar-refractivity contribution in [1.29, 1.82) is 0 Å². The lowest BCUT2D eigenvalue weighted by molar-refractivity contribution is -0.645. The predicted molar refractivity (Wildman–Crippen MR) is 99.6 cm³/mol. The van der Waals surface area contributed by atoms with Gasteiger partial charge < -0.3 is 5.21 Å². The number of oxime groups is 1. The summed E-state index contributed by atoms with van der Waals surface area (Å²) in [7, 11) is 0. The van der Waals surface area contributed by atoms with Gasteiger partial charge in [0.2, 0.25) is 0 Å². The van der Waals surface area contributed by atoms with E-state index in [1.54, 1.807) is 30.3 Å². The Morgan fingerprint density at radius 1 is 1.20 bits per heavy atom. The summed E-state index contributed by atoms with van der Waals surface area (Å²) in [4.78, 5) is 16.9. The van der Waals surface area contributed by atoms with Crippen LogP contribution < -0.4 is 10.0 Å². The number of thioether (sulfide) groups is 1. The van der Waals surface area contributed by atoms with Crippen LogP contribution in [0.5, 0.6) is 0 Å². The molecule has 0 saturated heterocycles. The first kappa shape index (κ1) is 18.8. The molecule has 132 valence electrons. The lowest BCUT2D eigenvalue weighted by Gasteiger charge is -2.20. The number of carbonyl (C=O) groups is 1. The third-order valence-corrected chi connectivity index (χ3v) is 4.30. The maximum absolute atomic E-state index is 11.9. The number of aromatic nitrogens is 1. The third-order valence-electron chi connectivity index (χ3n) is 3.27. The van der Waals surface area contributed by atoms with Crippen molar-refractivity contribution in [2.45, 2.75) is 25.8 Å². The molecule has 0 spiro atoms. The van der Waals surface area contributed by atoms with Crippen LogP contribution >= 0.6 is 11.8 Å². The fourth-order valence-corrected chi connectivity index (χ4v) is 2.94. The van der Waals surface area contributed by atoms with E-state index in [1.807, 2.05) is 39.0 Å². The van der Waals surface area contributed by atoms with Crippen molar-refractivity contribution in [3.05, 3.63) is 59.9 Å². The van der Waals surface area contributed by atoms with Gasteiger partial charge in [-0.25, -0.2) is 4.79 Å². The molecule has 1 heterocycles. The second-order valence-electron chi connectivity index (χ2n) is 6.31. The summed E-state index contributed by atoms with van der Waals surface area (Å²) >= 11 is 1.35. The number of hydrogen-bond acceptors (Lipinski definition) is 5. The fraction of sp³-hybridized carbons (Fsp3) is 0.278. The molecular formula is C18H21N3O3S. The monoisotopic (exact) mass is 359 g/mol. The molecule has 1 amide bonds. The van der Waals surface area contributed by atoms with Gasteiger partial charge in [-0.15, -0.1) is 0 Å². The molecule has 0 radical (unpaired) electrons. The van der Waals surface area contributed by atoms with Gasteiger partial charge in [-0.2, -0.15) is 4.73 Å². The van der Waals surface area contributed by atoms with Gasteiger partial charge in [-0.1, -0.05) is 44.1 Å². The van der Waals surface area contributed by atoms with Crippen LogP contribution in [0.25, 0.3) is 0 Å². The van der Waals surface area contributed by atoms with Gasteiger partial charge in [0, 0.05) is 29.0 Å². The maximum atomic E-state index is 11.9. The average molecular weight is 359 g/mol. The van der Waals surface area contributed by atoms with Crippen LogP contribution in [-0.4, -0.2) is 17.6 Å². The Morgan fingerprint density at radius 3 is 2.52 bits per heavy atom. The molecular weight excluding hydrogens is 338 g/mol. The average Bonchev–Trinajstić information content (AvgIpc) is 2.56. The topological polar surface area (TPSA) is 77.6 Å². The number of para-hydroxylation sites is 1. The van der Waals surface area contributed by atoms with Gasteiger partial charge in [-0.3, -0.25) is 10.2 Å². The summed E-state index contributed by atoms with van der Waals surface area (Å²) in [6, 6.07) is 14.2. The van der Waals surface area contributed by atoms with Gasteiger partial charge in [-0.05, 0) is 30.0 Å². The van der Waals surface area contributed by atoms with E-state index in [-0.39, 0.29) is 5.41 Å². The summed E-state index contributed by atoms with van der Waals surface area (Å²) < 4.78 is 0.800. The van der Waals surface area contributed by atoms with E-state index in [9.17, 15) is 10.0 Å². The van der Waals surface area contributed by atoms with Crippen LogP contribution in [0.2, 0.25) is 0 Å². The Balaban J connectivity index is 2.00. The predicted octanol–water partition coefficient (Wildman–Crippen LogP) is 4.06. The highest BCUT2D eigenvalue weighted by molar-refractivity contribution is 7.99. The zero-order valence-electron chi connectivity index (χ0n) is 14.4. The minimum atomic E-state index is -0.656. The number of nitrogens with zero attached hydrogens (tertiary/aromatic N) is 2. The Morgan fingerprint density at radius 2 is 1.88 bits per heavy atom. The summed E-state index contributed by atoms with van der Waals surface area (Å²) in [5, 5.41) is 18.9. The molecule has 1 aromatic carbocycles. The number of benzene rings is 1. The summed E-state index contributed by atoms with van der Waals surface area (Å²) in [5.41, 5.74) is 0.998. The van der Waals surface area contributed by atoms with E-state index >= 15 is 0 Å². The minimum absolute atomic E-state index is 0.303. The lowest BCUT2D eigenvalue weighted by Crippen LogP contribution is -2.29. The van der Waals surface area contributed by atoms with E-state index in [1.165, 1.54) is 18.0 Å². The number of nitrogens with one attached hydrogen (secondary N) is 1. The Kier molecular flexibility index (Phi) is 6.41. The van der Waals surface area contributed by atoms with Crippen LogP contribution in [0.3, 0.4) is 0 Å². The molecule has 0 aliphatic carbocycles. The smallest absolute Gasteiger partial charge is 0.437 e. The van der Waals surface area contributed by atoms with E-state index in [4.69, 9.17) is 4.84 Å². The molecule has 0 aliphatic rings. The molecule has 0 atom stereocenters. The van der Waals surface area contributed by atoms with E-state index in [2.05, 4.69) is 10.5 Å². The number of rotatable bonds is 5. The normalized spacial score (nSPS) is 11.9. The zero-order chi connectivity index (χ0) is 18.3. The molecule has 6 nitrogen and oxygen atoms in total. The lowest BCUT2D eigenvalue weighted by atomic mass is 9.91. The molecule has 25 heavy (non-hydrogen) atoms. The Bertz CT molecular complexity index is 743. The minimum Gasteiger partial charge on any atom is -0.618 e. The highest BCUT2D eigenvalue weighted by Gasteiger charge is 2.22. The molecule has 0 fully saturated rings. The van der Waals surface area contributed by atoms with Crippen molar-refractivity contribution >= 4 is 29.3 Å². The SMILES string of the molecule is CC(C)(C)/C(CSc1cccc[n+]1[O-])=N/OC(=O)Nc1ccccc1. The standard InChI is InChI=1S/C18H21N3O3S/c1-18(2,3)15(13-25-16-11-7-8-12-21(16)23)20-24-17(22)19-14-9-5-4-6-10-14/h4-12H,13H2,1-3H3,(H,19,22)/b20-15+. The van der Waals surface area contributed by atoms with Crippen molar-refractivity contribution in [2.24, 2.45) is 10.6 Å². The van der Waals surface area contributed by atoms with E-state index in [0.29, 0.717) is 22.2 Å². The molecule has 0 saturated carbocycles. The summed E-state index contributed by atoms with van der Waals surface area (Å²) in [5.74, 6) is 0.439. The summed E-state index contributed by atoms with van der Waals surface area (Å²) in [6.07, 6.45) is 0.789. The van der Waals surface area contributed by atoms with E-state index in [0.717, 1.165) is 4.73 Å². The fourth-order valence-electron chi connectivity index (χ4n) is 1.81. The van der Waals surface area contributed by atoms with Gasteiger partial charge >= 0.3 is 6.09 Å². The van der Waals surface area contributed by atoms with Crippen molar-refractivity contribution in [1.82, 2.24) is 0 Å². The van der Waals surface area contributed by atoms with Crippen LogP contribution in [0.15, 0.2) is 64.9 Å². The molecule has 1 N–H and O–H groups in total. The second-order valence-corrected chi connectivity index (χ2v) is 7.31. The quantitative estimate of drug-likeness (QED) is 0.218. The van der Waals surface area contributed by atoms with Crippen molar-refractivity contribution in [3.63, 3.8) is 0 Å². The largest absolute Gasteiger partial charge is 0.618 e. The van der Waals surface area contributed by atoms with Gasteiger partial charge in [0.05, 0.1) is 5.71 Å². The maximum Gasteiger partial charge on any atom is 0.437 e. The molecule has 1 aromatic heterocycles. The molecule has 7 heteroatoms. The number of hydrogen-bond donors (Lipinski definition) is 1. The van der Waals surface area contributed by atoms with Crippen LogP contribution in [0.4, 0.5) is 10.5 Å². The highest BCUT2D eigenvalue weighted by Crippen LogP contribution is 2.23. The third kappa shape index (κ3) is 6.11. The zero-order valence-corrected chi connectivity index (χ0v) is 15.2. The number of anilines is 1. The molecule has 2 rings (SSSR count). The highest BCUT2D eigenvalue weighted by atomic mass is 32.2. The number of amides is 1. The Labute approximate surface area is 151 Å².